The van der Waals surface area contributed by atoms with Crippen LogP contribution in [0.3, 0.4) is 0 Å². The summed E-state index contributed by atoms with van der Waals surface area (Å²) in [6.45, 7) is 6.27. The summed E-state index contributed by atoms with van der Waals surface area (Å²) in [7, 11) is 0. The van der Waals surface area contributed by atoms with Crippen LogP contribution in [0.25, 0.3) is 0 Å². The van der Waals surface area contributed by atoms with Crippen LogP contribution in [-0.2, 0) is 0 Å². The highest BCUT2D eigenvalue weighted by Gasteiger charge is 2.29. The molecule has 1 aromatic rings. The smallest absolute Gasteiger partial charge is 0.168 e. The number of anilines is 2. The molecule has 0 aliphatic heterocycles. The van der Waals surface area contributed by atoms with Crippen LogP contribution in [0.15, 0.2) is 0 Å². The Balaban J connectivity index is 2.26. The van der Waals surface area contributed by atoms with Gasteiger partial charge in [0.1, 0.15) is 17.5 Å². The van der Waals surface area contributed by atoms with Crippen molar-refractivity contribution in [3.8, 4) is 6.07 Å². The standard InChI is InChI=1S/C13H21N5/c1-4-8(2)18-12(15)11(7-14)13(17-18)16-9(3)10-5-6-10/h8-10H,4-6,15H2,1-3H3,(H,16,17). The van der Waals surface area contributed by atoms with Crippen molar-refractivity contribution in [2.75, 3.05) is 11.1 Å². The van der Waals surface area contributed by atoms with E-state index >= 15 is 0 Å². The van der Waals surface area contributed by atoms with Crippen LogP contribution in [0.2, 0.25) is 0 Å². The van der Waals surface area contributed by atoms with E-state index in [2.05, 4.69) is 37.3 Å². The van der Waals surface area contributed by atoms with Crippen LogP contribution < -0.4 is 11.1 Å². The topological polar surface area (TPSA) is 79.7 Å². The van der Waals surface area contributed by atoms with Crippen LogP contribution in [0.1, 0.15) is 51.6 Å². The van der Waals surface area contributed by atoms with E-state index in [1.807, 2.05) is 0 Å². The number of nitrogens with one attached hydrogen (secondary N) is 1. The minimum atomic E-state index is 0.212. The van der Waals surface area contributed by atoms with E-state index in [1.165, 1.54) is 12.8 Å². The van der Waals surface area contributed by atoms with Crippen LogP contribution in [0, 0.1) is 17.2 Å². The molecule has 2 unspecified atom stereocenters. The first-order chi connectivity index (χ1) is 8.58. The van der Waals surface area contributed by atoms with Crippen molar-refractivity contribution in [1.29, 1.82) is 5.26 Å². The molecule has 1 aromatic heterocycles. The number of aromatic nitrogens is 2. The van der Waals surface area contributed by atoms with Gasteiger partial charge >= 0.3 is 0 Å². The Morgan fingerprint density at radius 3 is 2.72 bits per heavy atom. The number of nitrogens with two attached hydrogens (primary N) is 1. The summed E-state index contributed by atoms with van der Waals surface area (Å²) >= 11 is 0. The second kappa shape index (κ2) is 4.89. The fraction of sp³-hybridized carbons (Fsp3) is 0.692. The lowest BCUT2D eigenvalue weighted by atomic mass is 10.2. The molecule has 1 fully saturated rings. The fourth-order valence-electron chi connectivity index (χ4n) is 2.10. The molecule has 0 saturated heterocycles. The SMILES string of the molecule is CCC(C)n1nc(NC(C)C2CC2)c(C#N)c1N. The van der Waals surface area contributed by atoms with Gasteiger partial charge in [0.15, 0.2) is 5.82 Å². The van der Waals surface area contributed by atoms with Crippen molar-refractivity contribution >= 4 is 11.6 Å². The number of nitrogens with zero attached hydrogens (tertiary/aromatic N) is 3. The molecular formula is C13H21N5. The molecule has 1 aliphatic carbocycles. The Bertz CT molecular complexity index is 466. The molecule has 18 heavy (non-hydrogen) atoms. The molecule has 2 rings (SSSR count). The summed E-state index contributed by atoms with van der Waals surface area (Å²) in [6.07, 6.45) is 3.46. The zero-order valence-electron chi connectivity index (χ0n) is 11.3. The maximum atomic E-state index is 9.21. The van der Waals surface area contributed by atoms with Gasteiger partial charge in [-0.05, 0) is 39.0 Å². The summed E-state index contributed by atoms with van der Waals surface area (Å²) in [4.78, 5) is 0. The summed E-state index contributed by atoms with van der Waals surface area (Å²) in [5, 5.41) is 17.0. The first-order valence-electron chi connectivity index (χ1n) is 6.63. The van der Waals surface area contributed by atoms with Gasteiger partial charge in [0, 0.05) is 6.04 Å². The largest absolute Gasteiger partial charge is 0.383 e. The Morgan fingerprint density at radius 2 is 2.22 bits per heavy atom. The molecule has 3 N–H and O–H groups in total. The number of hydrogen-bond donors (Lipinski definition) is 2. The molecule has 0 amide bonds. The van der Waals surface area contributed by atoms with E-state index < -0.39 is 0 Å². The zero-order chi connectivity index (χ0) is 13.3. The average molecular weight is 247 g/mol. The van der Waals surface area contributed by atoms with Crippen molar-refractivity contribution < 1.29 is 0 Å². The lowest BCUT2D eigenvalue weighted by Gasteiger charge is -2.12. The number of nitrogen functional groups attached to an aromatic ring is 1. The Morgan fingerprint density at radius 1 is 1.56 bits per heavy atom. The minimum Gasteiger partial charge on any atom is -0.383 e. The van der Waals surface area contributed by atoms with Gasteiger partial charge < -0.3 is 11.1 Å². The highest BCUT2D eigenvalue weighted by Crippen LogP contribution is 2.35. The van der Waals surface area contributed by atoms with Gasteiger partial charge in [0.05, 0.1) is 6.04 Å². The van der Waals surface area contributed by atoms with E-state index in [1.54, 1.807) is 4.68 Å². The molecule has 5 nitrogen and oxygen atoms in total. The highest BCUT2D eigenvalue weighted by molar-refractivity contribution is 5.64. The zero-order valence-corrected chi connectivity index (χ0v) is 11.3. The maximum absolute atomic E-state index is 9.21. The first kappa shape index (κ1) is 12.7. The molecule has 2 atom stereocenters. The van der Waals surface area contributed by atoms with Crippen LogP contribution in [0.5, 0.6) is 0 Å². The summed E-state index contributed by atoms with van der Waals surface area (Å²) in [5.74, 6) is 1.82. The third-order valence-corrected chi connectivity index (χ3v) is 3.76. The second-order valence-electron chi connectivity index (χ2n) is 5.19. The van der Waals surface area contributed by atoms with Gasteiger partial charge in [-0.15, -0.1) is 0 Å². The average Bonchev–Trinajstić information content (AvgIpc) is 3.15. The quantitative estimate of drug-likeness (QED) is 0.837. The van der Waals surface area contributed by atoms with Crippen LogP contribution >= 0.6 is 0 Å². The number of hydrogen-bond acceptors (Lipinski definition) is 4. The van der Waals surface area contributed by atoms with Gasteiger partial charge in [-0.25, -0.2) is 4.68 Å². The molecule has 0 aromatic carbocycles. The predicted octanol–water partition coefficient (Wildman–Crippen LogP) is 2.52. The normalized spacial score (nSPS) is 18.1. The van der Waals surface area contributed by atoms with Gasteiger partial charge in [0.2, 0.25) is 0 Å². The van der Waals surface area contributed by atoms with Gasteiger partial charge in [0.25, 0.3) is 0 Å². The van der Waals surface area contributed by atoms with Crippen molar-refractivity contribution in [3.05, 3.63) is 5.56 Å². The molecule has 0 spiro atoms. The Kier molecular flexibility index (Phi) is 3.46. The van der Waals surface area contributed by atoms with Crippen molar-refractivity contribution in [1.82, 2.24) is 9.78 Å². The van der Waals surface area contributed by atoms with Crippen molar-refractivity contribution in [3.63, 3.8) is 0 Å². The monoisotopic (exact) mass is 247 g/mol. The Labute approximate surface area is 108 Å². The number of nitriles is 1. The van der Waals surface area contributed by atoms with Gasteiger partial charge in [-0.1, -0.05) is 6.92 Å². The van der Waals surface area contributed by atoms with E-state index in [0.29, 0.717) is 29.2 Å². The summed E-state index contributed by atoms with van der Waals surface area (Å²) in [5.41, 5.74) is 6.47. The lowest BCUT2D eigenvalue weighted by molar-refractivity contribution is 0.485. The van der Waals surface area contributed by atoms with Crippen molar-refractivity contribution in [2.24, 2.45) is 5.92 Å². The molecule has 1 aliphatic rings. The highest BCUT2D eigenvalue weighted by atomic mass is 15.4. The summed E-state index contributed by atoms with van der Waals surface area (Å²) in [6, 6.07) is 2.73. The summed E-state index contributed by atoms with van der Waals surface area (Å²) < 4.78 is 1.75. The molecule has 98 valence electrons. The lowest BCUT2D eigenvalue weighted by Crippen LogP contribution is -2.18. The predicted molar refractivity (Wildman–Crippen MR) is 72.2 cm³/mol. The van der Waals surface area contributed by atoms with E-state index in [9.17, 15) is 5.26 Å². The molecule has 1 saturated carbocycles. The van der Waals surface area contributed by atoms with Crippen molar-refractivity contribution in [2.45, 2.75) is 52.1 Å². The molecule has 0 bridgehead atoms. The van der Waals surface area contributed by atoms with E-state index in [0.717, 1.165) is 6.42 Å². The van der Waals surface area contributed by atoms with Crippen LogP contribution in [0.4, 0.5) is 11.6 Å². The maximum Gasteiger partial charge on any atom is 0.168 e. The molecule has 5 heteroatoms. The molecule has 0 radical (unpaired) electrons. The first-order valence-corrected chi connectivity index (χ1v) is 6.63. The van der Waals surface area contributed by atoms with Gasteiger partial charge in [-0.2, -0.15) is 10.4 Å². The minimum absolute atomic E-state index is 0.212. The second-order valence-corrected chi connectivity index (χ2v) is 5.19. The number of rotatable bonds is 5. The van der Waals surface area contributed by atoms with E-state index in [-0.39, 0.29) is 6.04 Å². The fourth-order valence-corrected chi connectivity index (χ4v) is 2.10. The molecule has 1 heterocycles. The van der Waals surface area contributed by atoms with Crippen LogP contribution in [-0.4, -0.2) is 15.8 Å². The third-order valence-electron chi connectivity index (χ3n) is 3.76. The van der Waals surface area contributed by atoms with E-state index in [4.69, 9.17) is 5.73 Å². The molecular weight excluding hydrogens is 226 g/mol. The third kappa shape index (κ3) is 2.28. The Hall–Kier alpha value is -1.70. The van der Waals surface area contributed by atoms with Gasteiger partial charge in [-0.3, -0.25) is 0 Å².